The lowest BCUT2D eigenvalue weighted by Crippen LogP contribution is -2.48. The van der Waals surface area contributed by atoms with Crippen LogP contribution >= 0.6 is 11.3 Å². The van der Waals surface area contributed by atoms with Crippen molar-refractivity contribution in [3.05, 3.63) is 41.2 Å². The normalized spacial score (nSPS) is 14.8. The lowest BCUT2D eigenvalue weighted by Gasteiger charge is -2.26. The number of nitrogens with one attached hydrogen (secondary N) is 2. The van der Waals surface area contributed by atoms with Crippen molar-refractivity contribution in [2.45, 2.75) is 0 Å². The molecule has 20 heavy (non-hydrogen) atoms. The van der Waals surface area contributed by atoms with E-state index in [1.54, 1.807) is 17.5 Å². The van der Waals surface area contributed by atoms with Gasteiger partial charge in [0.1, 0.15) is 16.5 Å². The van der Waals surface area contributed by atoms with E-state index in [1.165, 1.54) is 23.5 Å². The predicted octanol–water partition coefficient (Wildman–Crippen LogP) is 1.90. The van der Waals surface area contributed by atoms with Crippen molar-refractivity contribution in [2.75, 3.05) is 19.6 Å². The van der Waals surface area contributed by atoms with Crippen LogP contribution in [0.3, 0.4) is 0 Å². The van der Waals surface area contributed by atoms with Crippen molar-refractivity contribution in [2.24, 2.45) is 5.92 Å². The molecule has 1 amide bonds. The number of hydrogen-bond acceptors (Lipinski definition) is 4. The molecule has 3 rings (SSSR count). The van der Waals surface area contributed by atoms with E-state index in [0.29, 0.717) is 18.2 Å². The molecule has 4 nitrogen and oxygen atoms in total. The highest BCUT2D eigenvalue weighted by atomic mass is 32.1. The summed E-state index contributed by atoms with van der Waals surface area (Å²) in [5, 5.41) is 8.49. The molecule has 0 atom stereocenters. The van der Waals surface area contributed by atoms with Crippen molar-refractivity contribution in [3.63, 3.8) is 0 Å². The second kappa shape index (κ2) is 5.68. The van der Waals surface area contributed by atoms with E-state index in [1.807, 2.05) is 0 Å². The number of carbonyl (C=O) groups is 1. The molecule has 0 saturated carbocycles. The molecule has 1 aromatic carbocycles. The van der Waals surface area contributed by atoms with Crippen molar-refractivity contribution in [3.8, 4) is 10.6 Å². The van der Waals surface area contributed by atoms with Crippen LogP contribution in [0.25, 0.3) is 10.6 Å². The molecule has 6 heteroatoms. The fourth-order valence-electron chi connectivity index (χ4n) is 1.92. The molecule has 0 radical (unpaired) electrons. The minimum atomic E-state index is -0.280. The van der Waals surface area contributed by atoms with Gasteiger partial charge in [-0.2, -0.15) is 0 Å². The fraction of sp³-hybridized carbons (Fsp3) is 0.286. The van der Waals surface area contributed by atoms with Gasteiger partial charge in [0.25, 0.3) is 5.91 Å². The molecule has 1 aliphatic heterocycles. The van der Waals surface area contributed by atoms with Crippen molar-refractivity contribution in [1.82, 2.24) is 15.6 Å². The van der Waals surface area contributed by atoms with Crippen LogP contribution in [0.1, 0.15) is 10.5 Å². The second-order valence-electron chi connectivity index (χ2n) is 4.78. The topological polar surface area (TPSA) is 54.0 Å². The first-order chi connectivity index (χ1) is 9.72. The molecule has 2 N–H and O–H groups in total. The molecule has 1 aromatic heterocycles. The Morgan fingerprint density at radius 3 is 2.80 bits per heavy atom. The monoisotopic (exact) mass is 291 g/mol. The molecule has 0 aliphatic carbocycles. The molecule has 1 aliphatic rings. The molecular weight excluding hydrogens is 277 g/mol. The number of amides is 1. The third kappa shape index (κ3) is 2.86. The molecule has 0 spiro atoms. The van der Waals surface area contributed by atoms with Crippen LogP contribution in [0.2, 0.25) is 0 Å². The number of hydrogen-bond donors (Lipinski definition) is 2. The van der Waals surface area contributed by atoms with Crippen molar-refractivity contribution in [1.29, 1.82) is 0 Å². The highest BCUT2D eigenvalue weighted by Crippen LogP contribution is 2.23. The summed E-state index contributed by atoms with van der Waals surface area (Å²) >= 11 is 1.38. The summed E-state index contributed by atoms with van der Waals surface area (Å²) in [4.78, 5) is 16.2. The molecule has 1 fully saturated rings. The first-order valence-corrected chi connectivity index (χ1v) is 7.31. The van der Waals surface area contributed by atoms with E-state index in [0.717, 1.165) is 23.7 Å². The molecule has 2 aromatic rings. The molecule has 1 saturated heterocycles. The number of benzene rings is 1. The summed E-state index contributed by atoms with van der Waals surface area (Å²) in [6.45, 7) is 2.59. The number of halogens is 1. The van der Waals surface area contributed by atoms with Crippen LogP contribution in [-0.4, -0.2) is 30.5 Å². The van der Waals surface area contributed by atoms with E-state index < -0.39 is 0 Å². The largest absolute Gasteiger partial charge is 0.350 e. The van der Waals surface area contributed by atoms with Crippen molar-refractivity contribution >= 4 is 17.2 Å². The molecule has 104 valence electrons. The van der Waals surface area contributed by atoms with Gasteiger partial charge in [-0.1, -0.05) is 0 Å². The van der Waals surface area contributed by atoms with Gasteiger partial charge in [0, 0.05) is 36.5 Å². The maximum Gasteiger partial charge on any atom is 0.270 e. The summed E-state index contributed by atoms with van der Waals surface area (Å²) in [5.74, 6) is 0.0908. The Morgan fingerprint density at radius 1 is 1.40 bits per heavy atom. The average Bonchev–Trinajstić information content (AvgIpc) is 2.87. The predicted molar refractivity (Wildman–Crippen MR) is 76.2 cm³/mol. The van der Waals surface area contributed by atoms with Crippen LogP contribution in [0.5, 0.6) is 0 Å². The van der Waals surface area contributed by atoms with E-state index in [4.69, 9.17) is 0 Å². The van der Waals surface area contributed by atoms with Crippen LogP contribution in [0.15, 0.2) is 29.6 Å². The summed E-state index contributed by atoms with van der Waals surface area (Å²) in [6.07, 6.45) is 0. The SMILES string of the molecule is O=C(NCC1CNC1)c1csc(-c2ccc(F)cc2)n1. The van der Waals surface area contributed by atoms with E-state index in [-0.39, 0.29) is 11.7 Å². The number of nitrogens with zero attached hydrogens (tertiary/aromatic N) is 1. The van der Waals surface area contributed by atoms with Gasteiger partial charge in [0.15, 0.2) is 0 Å². The Labute approximate surface area is 120 Å². The highest BCUT2D eigenvalue weighted by molar-refractivity contribution is 7.13. The van der Waals surface area contributed by atoms with Gasteiger partial charge in [0.05, 0.1) is 0 Å². The fourth-order valence-corrected chi connectivity index (χ4v) is 2.73. The lowest BCUT2D eigenvalue weighted by molar-refractivity contribution is 0.0938. The maximum absolute atomic E-state index is 12.9. The smallest absolute Gasteiger partial charge is 0.270 e. The zero-order valence-corrected chi connectivity index (χ0v) is 11.5. The Hall–Kier alpha value is -1.79. The van der Waals surface area contributed by atoms with E-state index >= 15 is 0 Å². The molecule has 0 unspecified atom stereocenters. The Bertz CT molecular complexity index is 607. The van der Waals surface area contributed by atoms with E-state index in [2.05, 4.69) is 15.6 Å². The highest BCUT2D eigenvalue weighted by Gasteiger charge is 2.18. The molecule has 0 bridgehead atoms. The van der Waals surface area contributed by atoms with Gasteiger partial charge in [-0.25, -0.2) is 9.37 Å². The summed E-state index contributed by atoms with van der Waals surface area (Å²) < 4.78 is 12.9. The quantitative estimate of drug-likeness (QED) is 0.904. The van der Waals surface area contributed by atoms with Gasteiger partial charge in [-0.05, 0) is 24.3 Å². The summed E-state index contributed by atoms with van der Waals surface area (Å²) in [7, 11) is 0. The number of rotatable bonds is 4. The minimum absolute atomic E-state index is 0.151. The van der Waals surface area contributed by atoms with Gasteiger partial charge >= 0.3 is 0 Å². The lowest BCUT2D eigenvalue weighted by atomic mass is 10.0. The minimum Gasteiger partial charge on any atom is -0.350 e. The molecular formula is C14H14FN3OS. The summed E-state index contributed by atoms with van der Waals surface area (Å²) in [5.41, 5.74) is 1.24. The Kier molecular flexibility index (Phi) is 3.75. The van der Waals surface area contributed by atoms with Gasteiger partial charge < -0.3 is 10.6 Å². The number of thiazole rings is 1. The third-order valence-electron chi connectivity index (χ3n) is 3.25. The van der Waals surface area contributed by atoms with Gasteiger partial charge in [0.2, 0.25) is 0 Å². The maximum atomic E-state index is 12.9. The Balaban J connectivity index is 1.66. The number of carbonyl (C=O) groups excluding carboxylic acids is 1. The zero-order chi connectivity index (χ0) is 13.9. The standard InChI is InChI=1S/C14H14FN3OS/c15-11-3-1-10(2-4-11)14-18-12(8-20-14)13(19)17-7-9-5-16-6-9/h1-4,8-9,16H,5-7H2,(H,17,19). The first-order valence-electron chi connectivity index (χ1n) is 6.43. The zero-order valence-electron chi connectivity index (χ0n) is 10.7. The van der Waals surface area contributed by atoms with Gasteiger partial charge in [-0.15, -0.1) is 11.3 Å². The second-order valence-corrected chi connectivity index (χ2v) is 5.64. The third-order valence-corrected chi connectivity index (χ3v) is 4.14. The van der Waals surface area contributed by atoms with E-state index in [9.17, 15) is 9.18 Å². The Morgan fingerprint density at radius 2 is 2.15 bits per heavy atom. The number of aromatic nitrogens is 1. The van der Waals surface area contributed by atoms with Crippen LogP contribution < -0.4 is 10.6 Å². The molecule has 2 heterocycles. The van der Waals surface area contributed by atoms with Gasteiger partial charge in [-0.3, -0.25) is 4.79 Å². The average molecular weight is 291 g/mol. The van der Waals surface area contributed by atoms with Crippen LogP contribution in [0.4, 0.5) is 4.39 Å². The first kappa shape index (κ1) is 13.2. The van der Waals surface area contributed by atoms with Crippen molar-refractivity contribution < 1.29 is 9.18 Å². The summed E-state index contributed by atoms with van der Waals surface area (Å²) in [6, 6.07) is 6.10. The van der Waals surface area contributed by atoms with Crippen LogP contribution in [-0.2, 0) is 0 Å². The van der Waals surface area contributed by atoms with Crippen LogP contribution in [0, 0.1) is 11.7 Å².